The molecular weight excluding hydrogens is 494 g/mol. The van der Waals surface area contributed by atoms with E-state index in [1.165, 1.54) is 6.92 Å². The molecule has 0 bridgehead atoms. The Morgan fingerprint density at radius 1 is 0.763 bits per heavy atom. The first-order chi connectivity index (χ1) is 18.1. The second kappa shape index (κ2) is 14.9. The van der Waals surface area contributed by atoms with Crippen LogP contribution in [0.1, 0.15) is 38.8 Å². The smallest absolute Gasteiger partial charge is 0.303 e. The molecule has 0 heterocycles. The van der Waals surface area contributed by atoms with Crippen molar-refractivity contribution in [1.82, 2.24) is 5.32 Å². The molecule has 0 aliphatic rings. The van der Waals surface area contributed by atoms with Crippen LogP contribution in [-0.2, 0) is 42.9 Å². The quantitative estimate of drug-likeness (QED) is 0.238. The van der Waals surface area contributed by atoms with Gasteiger partial charge >= 0.3 is 17.9 Å². The Hall–Kier alpha value is -4.47. The number of amides is 1. The summed E-state index contributed by atoms with van der Waals surface area (Å²) in [7, 11) is 0. The fourth-order valence-electron chi connectivity index (χ4n) is 3.79. The van der Waals surface area contributed by atoms with Gasteiger partial charge in [-0.05, 0) is 22.8 Å². The first-order valence-electron chi connectivity index (χ1n) is 11.8. The van der Waals surface area contributed by atoms with Crippen molar-refractivity contribution in [2.75, 3.05) is 6.61 Å². The van der Waals surface area contributed by atoms with Crippen LogP contribution in [0.5, 0.6) is 0 Å². The van der Waals surface area contributed by atoms with Gasteiger partial charge in [0.1, 0.15) is 6.61 Å². The normalized spacial score (nSPS) is 13.5. The van der Waals surface area contributed by atoms with Gasteiger partial charge in [0.05, 0.1) is 6.04 Å². The highest BCUT2D eigenvalue weighted by molar-refractivity contribution is 5.81. The average Bonchev–Trinajstić information content (AvgIpc) is 2.87. The maximum atomic E-state index is 12.3. The van der Waals surface area contributed by atoms with Crippen LogP contribution in [0.3, 0.4) is 0 Å². The molecule has 38 heavy (non-hydrogen) atoms. The third-order valence-corrected chi connectivity index (χ3v) is 5.22. The molecule has 10 nitrogen and oxygen atoms in total. The van der Waals surface area contributed by atoms with E-state index in [0.29, 0.717) is 5.57 Å². The maximum Gasteiger partial charge on any atom is 0.303 e. The summed E-state index contributed by atoms with van der Waals surface area (Å²) in [6.45, 7) is 4.28. The van der Waals surface area contributed by atoms with E-state index in [-0.39, 0.29) is 6.47 Å². The van der Waals surface area contributed by atoms with Gasteiger partial charge in [-0.25, -0.2) is 0 Å². The molecule has 0 aliphatic carbocycles. The fraction of sp³-hybridized carbons (Fsp3) is 0.321. The first kappa shape index (κ1) is 29.8. The van der Waals surface area contributed by atoms with E-state index in [4.69, 9.17) is 18.9 Å². The van der Waals surface area contributed by atoms with E-state index in [1.54, 1.807) is 6.08 Å². The molecule has 1 amide bonds. The average molecular weight is 526 g/mol. The summed E-state index contributed by atoms with van der Waals surface area (Å²) in [6, 6.07) is 17.5. The van der Waals surface area contributed by atoms with Gasteiger partial charge in [0.15, 0.2) is 18.3 Å². The van der Waals surface area contributed by atoms with E-state index in [2.05, 4.69) is 5.32 Å². The molecule has 4 atom stereocenters. The molecule has 10 heteroatoms. The van der Waals surface area contributed by atoms with Crippen molar-refractivity contribution in [2.45, 2.75) is 52.0 Å². The maximum absolute atomic E-state index is 12.3. The lowest BCUT2D eigenvalue weighted by Crippen LogP contribution is -2.55. The van der Waals surface area contributed by atoms with Gasteiger partial charge in [-0.15, -0.1) is 0 Å². The van der Waals surface area contributed by atoms with Gasteiger partial charge < -0.3 is 24.3 Å². The second-order valence-electron chi connectivity index (χ2n) is 8.26. The highest BCUT2D eigenvalue weighted by Crippen LogP contribution is 2.27. The number of nitrogens with one attached hydrogen (secondary N) is 1. The zero-order chi connectivity index (χ0) is 28.1. The molecule has 2 rings (SSSR count). The Morgan fingerprint density at radius 3 is 1.68 bits per heavy atom. The van der Waals surface area contributed by atoms with E-state index in [0.717, 1.165) is 31.9 Å². The molecule has 2 aromatic carbocycles. The standard InChI is InChI=1S/C28H31NO9/c1-18(31)29-25(15-24(22-11-7-5-8-12-22)23-13-9-6-10-14-23)27(37-20(3)33)28(38-21(4)34)26(36-17-30)16-35-19(2)32/h5-15,17,25-28H,16H2,1-4H3,(H,29,31)/t25-,26?,27+,28+/m0/s1. The monoisotopic (exact) mass is 525 g/mol. The molecule has 0 spiro atoms. The lowest BCUT2D eigenvalue weighted by Gasteiger charge is -2.35. The Labute approximate surface area is 220 Å². The molecule has 0 radical (unpaired) electrons. The summed E-state index contributed by atoms with van der Waals surface area (Å²) >= 11 is 0. The topological polar surface area (TPSA) is 134 Å². The van der Waals surface area contributed by atoms with E-state index in [1.807, 2.05) is 60.7 Å². The number of rotatable bonds is 13. The molecule has 202 valence electrons. The van der Waals surface area contributed by atoms with Crippen molar-refractivity contribution in [2.24, 2.45) is 0 Å². The molecule has 0 aliphatic heterocycles. The molecule has 1 N–H and O–H groups in total. The predicted molar refractivity (Wildman–Crippen MR) is 136 cm³/mol. The number of benzene rings is 2. The summed E-state index contributed by atoms with van der Waals surface area (Å²) in [5, 5.41) is 2.74. The summed E-state index contributed by atoms with van der Waals surface area (Å²) in [5.41, 5.74) is 2.26. The van der Waals surface area contributed by atoms with Crippen LogP contribution in [-0.4, -0.2) is 61.2 Å². The Kier molecular flexibility index (Phi) is 11.7. The van der Waals surface area contributed by atoms with Crippen LogP contribution in [0.15, 0.2) is 66.7 Å². The van der Waals surface area contributed by atoms with Gasteiger partial charge in [-0.1, -0.05) is 60.7 Å². The molecular formula is C28H31NO9. The number of carbonyl (C=O) groups is 5. The molecule has 0 saturated heterocycles. The zero-order valence-corrected chi connectivity index (χ0v) is 21.6. The van der Waals surface area contributed by atoms with Crippen molar-refractivity contribution in [3.8, 4) is 0 Å². The van der Waals surface area contributed by atoms with Gasteiger partial charge in [0, 0.05) is 27.7 Å². The van der Waals surface area contributed by atoms with Crippen molar-refractivity contribution < 1.29 is 42.9 Å². The Balaban J connectivity index is 2.73. The highest BCUT2D eigenvalue weighted by Gasteiger charge is 2.42. The summed E-state index contributed by atoms with van der Waals surface area (Å²) in [5.74, 6) is -2.69. The minimum atomic E-state index is -1.46. The van der Waals surface area contributed by atoms with Crippen molar-refractivity contribution in [3.63, 3.8) is 0 Å². The van der Waals surface area contributed by atoms with Crippen molar-refractivity contribution in [3.05, 3.63) is 77.9 Å². The summed E-state index contributed by atoms with van der Waals surface area (Å²) in [6.07, 6.45) is -2.53. The van der Waals surface area contributed by atoms with Gasteiger partial charge in [-0.2, -0.15) is 0 Å². The van der Waals surface area contributed by atoms with Gasteiger partial charge in [-0.3, -0.25) is 24.0 Å². The summed E-state index contributed by atoms with van der Waals surface area (Å²) in [4.78, 5) is 59.4. The lowest BCUT2D eigenvalue weighted by molar-refractivity contribution is -0.187. The van der Waals surface area contributed by atoms with Gasteiger partial charge in [0.25, 0.3) is 6.47 Å². The number of hydrogen-bond donors (Lipinski definition) is 1. The SMILES string of the molecule is CC(=O)N[C@@H](C=C(c1ccccc1)c1ccccc1)[C@@H](OC(C)=O)[C@H](OC(C)=O)C(COC(C)=O)OC=O. The predicted octanol–water partition coefficient (Wildman–Crippen LogP) is 2.59. The number of esters is 3. The number of hydrogen-bond acceptors (Lipinski definition) is 9. The minimum absolute atomic E-state index is 0.0953. The van der Waals surface area contributed by atoms with Crippen molar-refractivity contribution in [1.29, 1.82) is 0 Å². The molecule has 1 unspecified atom stereocenters. The summed E-state index contributed by atoms with van der Waals surface area (Å²) < 4.78 is 21.1. The van der Waals surface area contributed by atoms with E-state index >= 15 is 0 Å². The lowest BCUT2D eigenvalue weighted by atomic mass is 9.92. The van der Waals surface area contributed by atoms with E-state index in [9.17, 15) is 24.0 Å². The van der Waals surface area contributed by atoms with Crippen molar-refractivity contribution >= 4 is 35.9 Å². The van der Waals surface area contributed by atoms with Crippen LogP contribution in [0.4, 0.5) is 0 Å². The molecule has 0 aromatic heterocycles. The first-order valence-corrected chi connectivity index (χ1v) is 11.8. The fourth-order valence-corrected chi connectivity index (χ4v) is 3.79. The Bertz CT molecular complexity index is 1090. The Morgan fingerprint density at radius 2 is 1.26 bits per heavy atom. The number of ether oxygens (including phenoxy) is 4. The number of carbonyl (C=O) groups excluding carboxylic acids is 5. The second-order valence-corrected chi connectivity index (χ2v) is 8.26. The highest BCUT2D eigenvalue weighted by atomic mass is 16.6. The van der Waals surface area contributed by atoms with E-state index < -0.39 is 54.8 Å². The zero-order valence-electron chi connectivity index (χ0n) is 21.6. The van der Waals surface area contributed by atoms with Crippen LogP contribution in [0.25, 0.3) is 5.57 Å². The third kappa shape index (κ3) is 9.53. The van der Waals surface area contributed by atoms with Gasteiger partial charge in [0.2, 0.25) is 5.91 Å². The molecule has 0 fully saturated rings. The third-order valence-electron chi connectivity index (χ3n) is 5.22. The minimum Gasteiger partial charge on any atom is -0.462 e. The van der Waals surface area contributed by atoms with Crippen LogP contribution >= 0.6 is 0 Å². The van der Waals surface area contributed by atoms with Crippen LogP contribution < -0.4 is 5.32 Å². The van der Waals surface area contributed by atoms with Crippen LogP contribution in [0.2, 0.25) is 0 Å². The van der Waals surface area contributed by atoms with Crippen LogP contribution in [0, 0.1) is 0 Å². The largest absolute Gasteiger partial charge is 0.462 e. The molecule has 0 saturated carbocycles. The molecule has 2 aromatic rings.